The zero-order chi connectivity index (χ0) is 23.5. The molecule has 1 saturated carbocycles. The number of pyridine rings is 1. The van der Waals surface area contributed by atoms with E-state index in [9.17, 15) is 28.0 Å². The van der Waals surface area contributed by atoms with Gasteiger partial charge in [0.05, 0.1) is 23.5 Å². The van der Waals surface area contributed by atoms with Gasteiger partial charge in [0.2, 0.25) is 0 Å². The van der Waals surface area contributed by atoms with Crippen LogP contribution in [0, 0.1) is 18.3 Å². The van der Waals surface area contributed by atoms with Gasteiger partial charge in [0, 0.05) is 6.20 Å². The summed E-state index contributed by atoms with van der Waals surface area (Å²) < 4.78 is 44.6. The van der Waals surface area contributed by atoms with Crippen molar-refractivity contribution in [1.29, 1.82) is 5.26 Å². The number of hydrogen-bond donors (Lipinski definition) is 1. The molecule has 1 aliphatic rings. The molecule has 2 aromatic rings. The van der Waals surface area contributed by atoms with Crippen LogP contribution in [0.4, 0.5) is 13.2 Å². The molecule has 1 amide bonds. The standard InChI is InChI=1S/C21H22F3N5O3/c1-13-16(11-27-29(13)17-7-6-15(10-26-17)21(22,23)24)19(31)32-14(2)18(30)28-20(12-25)8-4-3-5-9-20/h6-7,10-11,14H,3-5,8-9H2,1-2H3,(H,28,30). The van der Waals surface area contributed by atoms with Crippen LogP contribution in [0.1, 0.15) is 60.6 Å². The van der Waals surface area contributed by atoms with Crippen LogP contribution in [0.5, 0.6) is 0 Å². The highest BCUT2D eigenvalue weighted by atomic mass is 19.4. The fourth-order valence-corrected chi connectivity index (χ4v) is 3.56. The first-order valence-corrected chi connectivity index (χ1v) is 10.1. The Morgan fingerprint density at radius 3 is 2.50 bits per heavy atom. The monoisotopic (exact) mass is 449 g/mol. The number of nitrogens with one attached hydrogen (secondary N) is 1. The maximum Gasteiger partial charge on any atom is 0.417 e. The summed E-state index contributed by atoms with van der Waals surface area (Å²) in [6.45, 7) is 2.93. The number of nitriles is 1. The van der Waals surface area contributed by atoms with Gasteiger partial charge in [-0.2, -0.15) is 23.5 Å². The molecule has 0 aromatic carbocycles. The smallest absolute Gasteiger partial charge is 0.417 e. The number of esters is 1. The summed E-state index contributed by atoms with van der Waals surface area (Å²) in [5, 5.41) is 16.2. The topological polar surface area (TPSA) is 110 Å². The Morgan fingerprint density at radius 2 is 1.94 bits per heavy atom. The fraction of sp³-hybridized carbons (Fsp3) is 0.476. The Kier molecular flexibility index (Phi) is 6.52. The molecule has 8 nitrogen and oxygen atoms in total. The third kappa shape index (κ3) is 4.90. The van der Waals surface area contributed by atoms with E-state index in [1.807, 2.05) is 0 Å². The average Bonchev–Trinajstić information content (AvgIpc) is 3.15. The van der Waals surface area contributed by atoms with Crippen LogP contribution in [0.2, 0.25) is 0 Å². The average molecular weight is 449 g/mol. The van der Waals surface area contributed by atoms with Gasteiger partial charge in [-0.3, -0.25) is 4.79 Å². The van der Waals surface area contributed by atoms with Gasteiger partial charge in [-0.05, 0) is 38.8 Å². The van der Waals surface area contributed by atoms with Crippen molar-refractivity contribution in [2.45, 2.75) is 63.8 Å². The molecule has 0 saturated heterocycles. The molecule has 1 atom stereocenters. The van der Waals surface area contributed by atoms with Crippen molar-refractivity contribution >= 4 is 11.9 Å². The Labute approximate surface area is 182 Å². The van der Waals surface area contributed by atoms with E-state index in [-0.39, 0.29) is 17.1 Å². The molecule has 0 spiro atoms. The number of nitrogens with zero attached hydrogens (tertiary/aromatic N) is 4. The van der Waals surface area contributed by atoms with Crippen molar-refractivity contribution in [3.63, 3.8) is 0 Å². The third-order valence-electron chi connectivity index (χ3n) is 5.46. The van der Waals surface area contributed by atoms with Crippen molar-refractivity contribution in [3.8, 4) is 11.9 Å². The van der Waals surface area contributed by atoms with E-state index in [2.05, 4.69) is 21.5 Å². The largest absolute Gasteiger partial charge is 0.449 e. The molecule has 3 rings (SSSR count). The van der Waals surface area contributed by atoms with Crippen LogP contribution in [0.15, 0.2) is 24.5 Å². The van der Waals surface area contributed by atoms with Gasteiger partial charge in [0.15, 0.2) is 11.9 Å². The second-order valence-electron chi connectivity index (χ2n) is 7.75. The number of carbonyl (C=O) groups excluding carboxylic acids is 2. The Bertz CT molecular complexity index is 1030. The lowest BCUT2D eigenvalue weighted by Crippen LogP contribution is -2.52. The summed E-state index contributed by atoms with van der Waals surface area (Å²) in [5.41, 5.74) is -1.53. The van der Waals surface area contributed by atoms with Crippen molar-refractivity contribution in [2.24, 2.45) is 0 Å². The van der Waals surface area contributed by atoms with Crippen LogP contribution >= 0.6 is 0 Å². The number of amides is 1. The van der Waals surface area contributed by atoms with E-state index in [0.29, 0.717) is 19.0 Å². The van der Waals surface area contributed by atoms with E-state index in [0.717, 1.165) is 31.4 Å². The quantitative estimate of drug-likeness (QED) is 0.700. The summed E-state index contributed by atoms with van der Waals surface area (Å²) in [6, 6.07) is 4.17. The van der Waals surface area contributed by atoms with Gasteiger partial charge in [0.25, 0.3) is 5.91 Å². The van der Waals surface area contributed by atoms with Crippen LogP contribution in [0.3, 0.4) is 0 Å². The van der Waals surface area contributed by atoms with Gasteiger partial charge in [-0.15, -0.1) is 0 Å². The molecule has 1 unspecified atom stereocenters. The molecule has 0 aliphatic heterocycles. The first kappa shape index (κ1) is 23.2. The Balaban J connectivity index is 1.69. The Hall–Kier alpha value is -3.42. The number of rotatable bonds is 5. The van der Waals surface area contributed by atoms with Crippen LogP contribution in [0.25, 0.3) is 5.82 Å². The highest BCUT2D eigenvalue weighted by molar-refractivity contribution is 5.93. The summed E-state index contributed by atoms with van der Waals surface area (Å²) in [7, 11) is 0. The minimum Gasteiger partial charge on any atom is -0.449 e. The third-order valence-corrected chi connectivity index (χ3v) is 5.46. The summed E-state index contributed by atoms with van der Waals surface area (Å²) in [5.74, 6) is -1.30. The lowest BCUT2D eigenvalue weighted by molar-refractivity contribution is -0.137. The molecule has 1 fully saturated rings. The molecule has 32 heavy (non-hydrogen) atoms. The lowest BCUT2D eigenvalue weighted by Gasteiger charge is -2.32. The number of aromatic nitrogens is 3. The number of hydrogen-bond acceptors (Lipinski definition) is 6. The molecular formula is C21H22F3N5O3. The van der Waals surface area contributed by atoms with Crippen LogP contribution in [-0.4, -0.2) is 38.3 Å². The maximum atomic E-state index is 12.7. The van der Waals surface area contributed by atoms with E-state index < -0.39 is 35.3 Å². The van der Waals surface area contributed by atoms with Crippen LogP contribution in [-0.2, 0) is 15.7 Å². The normalized spacial score (nSPS) is 16.6. The minimum absolute atomic E-state index is 0.0408. The molecular weight excluding hydrogens is 427 g/mol. The molecule has 0 bridgehead atoms. The first-order valence-electron chi connectivity index (χ1n) is 10.1. The van der Waals surface area contributed by atoms with E-state index >= 15 is 0 Å². The summed E-state index contributed by atoms with van der Waals surface area (Å²) in [6.07, 6.45) is -0.0439. The number of halogens is 3. The van der Waals surface area contributed by atoms with E-state index in [1.54, 1.807) is 0 Å². The SMILES string of the molecule is Cc1c(C(=O)OC(C)C(=O)NC2(C#N)CCCCC2)cnn1-c1ccc(C(F)(F)F)cn1. The second-order valence-corrected chi connectivity index (χ2v) is 7.75. The van der Waals surface area contributed by atoms with Gasteiger partial charge < -0.3 is 10.1 Å². The number of carbonyl (C=O) groups is 2. The highest BCUT2D eigenvalue weighted by Gasteiger charge is 2.36. The zero-order valence-corrected chi connectivity index (χ0v) is 17.6. The van der Waals surface area contributed by atoms with Crippen molar-refractivity contribution in [2.75, 3.05) is 0 Å². The minimum atomic E-state index is -4.52. The van der Waals surface area contributed by atoms with Gasteiger partial charge in [-0.25, -0.2) is 14.5 Å². The van der Waals surface area contributed by atoms with Gasteiger partial charge >= 0.3 is 12.1 Å². The molecule has 11 heteroatoms. The van der Waals surface area contributed by atoms with Crippen molar-refractivity contribution < 1.29 is 27.5 Å². The summed E-state index contributed by atoms with van der Waals surface area (Å²) >= 11 is 0. The molecule has 170 valence electrons. The zero-order valence-electron chi connectivity index (χ0n) is 17.6. The highest BCUT2D eigenvalue weighted by Crippen LogP contribution is 2.29. The van der Waals surface area contributed by atoms with Gasteiger partial charge in [-0.1, -0.05) is 19.3 Å². The predicted molar refractivity (Wildman–Crippen MR) is 106 cm³/mol. The van der Waals surface area contributed by atoms with E-state index in [1.165, 1.54) is 24.7 Å². The maximum absolute atomic E-state index is 12.7. The molecule has 2 heterocycles. The summed E-state index contributed by atoms with van der Waals surface area (Å²) in [4.78, 5) is 28.8. The fourth-order valence-electron chi connectivity index (χ4n) is 3.56. The first-order chi connectivity index (χ1) is 15.1. The van der Waals surface area contributed by atoms with Gasteiger partial charge in [0.1, 0.15) is 11.1 Å². The Morgan fingerprint density at radius 1 is 1.25 bits per heavy atom. The number of alkyl halides is 3. The van der Waals surface area contributed by atoms with Crippen LogP contribution < -0.4 is 5.32 Å². The lowest BCUT2D eigenvalue weighted by atomic mass is 9.83. The van der Waals surface area contributed by atoms with Crippen molar-refractivity contribution in [3.05, 3.63) is 41.3 Å². The molecule has 2 aromatic heterocycles. The van der Waals surface area contributed by atoms with Crippen molar-refractivity contribution in [1.82, 2.24) is 20.1 Å². The molecule has 0 radical (unpaired) electrons. The second kappa shape index (κ2) is 8.98. The molecule has 1 N–H and O–H groups in total. The number of ether oxygens (including phenoxy) is 1. The molecule has 1 aliphatic carbocycles. The van der Waals surface area contributed by atoms with E-state index in [4.69, 9.17) is 4.74 Å². The predicted octanol–water partition coefficient (Wildman–Crippen LogP) is 3.48.